The molecule has 1 heterocycles. The van der Waals surface area contributed by atoms with Gasteiger partial charge < -0.3 is 15.0 Å². The lowest BCUT2D eigenvalue weighted by molar-refractivity contribution is -0.883. The van der Waals surface area contributed by atoms with E-state index < -0.39 is 10.0 Å². The molecule has 128 valence electrons. The molecule has 23 heavy (non-hydrogen) atoms. The van der Waals surface area contributed by atoms with Gasteiger partial charge in [0, 0.05) is 12.1 Å². The summed E-state index contributed by atoms with van der Waals surface area (Å²) in [6.07, 6.45) is 0. The van der Waals surface area contributed by atoms with Gasteiger partial charge in [0.2, 0.25) is 10.0 Å². The van der Waals surface area contributed by atoms with E-state index >= 15 is 0 Å². The molecule has 0 bridgehead atoms. The van der Waals surface area contributed by atoms with Crippen molar-refractivity contribution >= 4 is 15.9 Å². The van der Waals surface area contributed by atoms with E-state index in [1.54, 1.807) is 31.4 Å². The molecule has 7 nitrogen and oxygen atoms in total. The molecule has 1 aliphatic rings. The second kappa shape index (κ2) is 7.76. The molecule has 0 radical (unpaired) electrons. The van der Waals surface area contributed by atoms with Gasteiger partial charge in [0.05, 0.1) is 46.1 Å². The van der Waals surface area contributed by atoms with Crippen molar-refractivity contribution in [3.8, 4) is 5.75 Å². The third kappa shape index (κ3) is 4.92. The summed E-state index contributed by atoms with van der Waals surface area (Å²) in [5.41, 5.74) is 0.478. The Balaban J connectivity index is 1.82. The molecule has 1 amide bonds. The SMILES string of the molecule is COc1ccc(C(=O)NCCS(=O)(=O)N2CC[NH+](C)CC2)cc1. The number of sulfonamides is 1. The highest BCUT2D eigenvalue weighted by Crippen LogP contribution is 2.11. The summed E-state index contributed by atoms with van der Waals surface area (Å²) in [7, 11) is 0.300. The number of hydrogen-bond donors (Lipinski definition) is 2. The molecule has 8 heteroatoms. The predicted molar refractivity (Wildman–Crippen MR) is 87.3 cm³/mol. The standard InChI is InChI=1S/C15H23N3O4S/c1-17-8-10-18(11-9-17)23(20,21)12-7-16-15(19)13-3-5-14(22-2)6-4-13/h3-6H,7-12H2,1-2H3,(H,16,19)/p+1. The minimum Gasteiger partial charge on any atom is -0.497 e. The van der Waals surface area contributed by atoms with E-state index in [1.807, 2.05) is 0 Å². The zero-order valence-corrected chi connectivity index (χ0v) is 14.4. The fraction of sp³-hybridized carbons (Fsp3) is 0.533. The summed E-state index contributed by atoms with van der Waals surface area (Å²) in [4.78, 5) is 13.3. The van der Waals surface area contributed by atoms with Gasteiger partial charge in [-0.25, -0.2) is 8.42 Å². The van der Waals surface area contributed by atoms with Gasteiger partial charge in [-0.05, 0) is 24.3 Å². The molecule has 1 saturated heterocycles. The average molecular weight is 342 g/mol. The first-order valence-corrected chi connectivity index (χ1v) is 9.24. The van der Waals surface area contributed by atoms with Crippen LogP contribution < -0.4 is 15.0 Å². The quantitative estimate of drug-likeness (QED) is 0.665. The van der Waals surface area contributed by atoms with Gasteiger partial charge >= 0.3 is 0 Å². The van der Waals surface area contributed by atoms with Gasteiger partial charge in [-0.15, -0.1) is 0 Å². The highest BCUT2D eigenvalue weighted by molar-refractivity contribution is 7.89. The molecule has 2 rings (SSSR count). The third-order valence-electron chi connectivity index (χ3n) is 3.97. The number of likely N-dealkylation sites (N-methyl/N-ethyl adjacent to an activating group) is 1. The first-order chi connectivity index (χ1) is 10.9. The zero-order valence-electron chi connectivity index (χ0n) is 13.5. The van der Waals surface area contributed by atoms with Crippen LogP contribution in [0.15, 0.2) is 24.3 Å². The van der Waals surface area contributed by atoms with Crippen LogP contribution in [0.2, 0.25) is 0 Å². The normalized spacial score (nSPS) is 17.0. The van der Waals surface area contributed by atoms with Crippen molar-refractivity contribution in [3.05, 3.63) is 29.8 Å². The van der Waals surface area contributed by atoms with Crippen LogP contribution in [0, 0.1) is 0 Å². The van der Waals surface area contributed by atoms with Gasteiger partial charge in [-0.2, -0.15) is 4.31 Å². The summed E-state index contributed by atoms with van der Waals surface area (Å²) in [5, 5.41) is 2.65. The van der Waals surface area contributed by atoms with E-state index in [0.717, 1.165) is 13.1 Å². The smallest absolute Gasteiger partial charge is 0.251 e. The number of carbonyl (C=O) groups is 1. The van der Waals surface area contributed by atoms with Gasteiger partial charge in [0.25, 0.3) is 5.91 Å². The minimum atomic E-state index is -3.31. The Labute approximate surface area is 137 Å². The number of nitrogens with one attached hydrogen (secondary N) is 2. The van der Waals surface area contributed by atoms with Crippen molar-refractivity contribution in [2.45, 2.75) is 0 Å². The Morgan fingerprint density at radius 2 is 1.87 bits per heavy atom. The van der Waals surface area contributed by atoms with Crippen LogP contribution in [0.3, 0.4) is 0 Å². The lowest BCUT2D eigenvalue weighted by Crippen LogP contribution is -3.12. The summed E-state index contributed by atoms with van der Waals surface area (Å²) in [6.45, 7) is 2.82. The second-order valence-corrected chi connectivity index (χ2v) is 7.75. The van der Waals surface area contributed by atoms with E-state index in [4.69, 9.17) is 4.74 Å². The van der Waals surface area contributed by atoms with Crippen molar-refractivity contribution in [1.82, 2.24) is 9.62 Å². The highest BCUT2D eigenvalue weighted by atomic mass is 32.2. The predicted octanol–water partition coefficient (Wildman–Crippen LogP) is -1.41. The van der Waals surface area contributed by atoms with E-state index in [0.29, 0.717) is 24.4 Å². The number of rotatable bonds is 6. The summed E-state index contributed by atoms with van der Waals surface area (Å²) < 4.78 is 31.0. The number of amides is 1. The molecule has 0 atom stereocenters. The molecule has 1 fully saturated rings. The van der Waals surface area contributed by atoms with Crippen LogP contribution in [0.5, 0.6) is 5.75 Å². The minimum absolute atomic E-state index is 0.0755. The van der Waals surface area contributed by atoms with E-state index in [-0.39, 0.29) is 18.2 Å². The molecule has 1 aliphatic heterocycles. The summed E-state index contributed by atoms with van der Waals surface area (Å²) >= 11 is 0. The number of piperazine rings is 1. The monoisotopic (exact) mass is 342 g/mol. The first-order valence-electron chi connectivity index (χ1n) is 7.64. The van der Waals surface area contributed by atoms with Crippen LogP contribution >= 0.6 is 0 Å². The van der Waals surface area contributed by atoms with Crippen LogP contribution in [-0.2, 0) is 10.0 Å². The van der Waals surface area contributed by atoms with Crippen molar-refractivity contribution in [2.75, 3.05) is 52.6 Å². The third-order valence-corrected chi connectivity index (χ3v) is 5.84. The largest absolute Gasteiger partial charge is 0.497 e. The molecule has 0 spiro atoms. The van der Waals surface area contributed by atoms with Gasteiger partial charge in [0.1, 0.15) is 5.75 Å². The van der Waals surface area contributed by atoms with Gasteiger partial charge in [-0.3, -0.25) is 4.79 Å². The number of methoxy groups -OCH3 is 1. The number of hydrogen-bond acceptors (Lipinski definition) is 4. The Kier molecular flexibility index (Phi) is 5.97. The lowest BCUT2D eigenvalue weighted by Gasteiger charge is -2.29. The average Bonchev–Trinajstić information content (AvgIpc) is 2.55. The first kappa shape index (κ1) is 17.7. The molecule has 0 aromatic heterocycles. The maximum absolute atomic E-state index is 12.2. The Morgan fingerprint density at radius 3 is 2.43 bits per heavy atom. The van der Waals surface area contributed by atoms with Crippen LogP contribution in [-0.4, -0.2) is 71.3 Å². The van der Waals surface area contributed by atoms with Gasteiger partial charge in [0.15, 0.2) is 0 Å². The Bertz CT molecular complexity index is 623. The van der Waals surface area contributed by atoms with Crippen molar-refractivity contribution in [1.29, 1.82) is 0 Å². The van der Waals surface area contributed by atoms with Crippen molar-refractivity contribution in [3.63, 3.8) is 0 Å². The molecule has 2 N–H and O–H groups in total. The number of ether oxygens (including phenoxy) is 1. The second-order valence-electron chi connectivity index (χ2n) is 5.66. The van der Waals surface area contributed by atoms with E-state index in [9.17, 15) is 13.2 Å². The molecule has 0 saturated carbocycles. The van der Waals surface area contributed by atoms with Gasteiger partial charge in [-0.1, -0.05) is 0 Å². The maximum Gasteiger partial charge on any atom is 0.251 e. The molecular formula is C15H24N3O4S+. The van der Waals surface area contributed by atoms with E-state index in [2.05, 4.69) is 12.4 Å². The number of nitrogens with zero attached hydrogens (tertiary/aromatic N) is 1. The van der Waals surface area contributed by atoms with Crippen LogP contribution in [0.25, 0.3) is 0 Å². The number of carbonyl (C=O) groups excluding carboxylic acids is 1. The maximum atomic E-state index is 12.2. The molecule has 1 aromatic rings. The lowest BCUT2D eigenvalue weighted by atomic mass is 10.2. The summed E-state index contributed by atoms with van der Waals surface area (Å²) in [5.74, 6) is 0.306. The molecule has 0 unspecified atom stereocenters. The van der Waals surface area contributed by atoms with Crippen LogP contribution in [0.4, 0.5) is 0 Å². The number of quaternary nitrogens is 1. The van der Waals surface area contributed by atoms with Crippen molar-refractivity contribution < 1.29 is 22.8 Å². The fourth-order valence-corrected chi connectivity index (χ4v) is 3.77. The molecular weight excluding hydrogens is 318 g/mol. The molecule has 0 aliphatic carbocycles. The number of benzene rings is 1. The zero-order chi connectivity index (χ0) is 16.9. The van der Waals surface area contributed by atoms with Crippen molar-refractivity contribution in [2.24, 2.45) is 0 Å². The Hall–Kier alpha value is -1.64. The Morgan fingerprint density at radius 1 is 1.26 bits per heavy atom. The van der Waals surface area contributed by atoms with Crippen LogP contribution in [0.1, 0.15) is 10.4 Å². The van der Waals surface area contributed by atoms with E-state index in [1.165, 1.54) is 9.21 Å². The molecule has 1 aromatic carbocycles. The highest BCUT2D eigenvalue weighted by Gasteiger charge is 2.27. The fourth-order valence-electron chi connectivity index (χ4n) is 2.41. The topological polar surface area (TPSA) is 80.1 Å². The summed E-state index contributed by atoms with van der Waals surface area (Å²) in [6, 6.07) is 6.67.